The highest BCUT2D eigenvalue weighted by Crippen LogP contribution is 2.62. The van der Waals surface area contributed by atoms with Gasteiger partial charge in [0.05, 0.1) is 5.41 Å². The van der Waals surface area contributed by atoms with Crippen molar-refractivity contribution in [1.82, 2.24) is 0 Å². The van der Waals surface area contributed by atoms with Crippen LogP contribution in [0, 0.1) is 0 Å². The highest BCUT2D eigenvalue weighted by Gasteiger charge is 2.51. The zero-order valence-corrected chi connectivity index (χ0v) is 31.2. The van der Waals surface area contributed by atoms with E-state index in [4.69, 9.17) is 4.74 Å². The monoisotopic (exact) mass is 727 g/mol. The summed E-state index contributed by atoms with van der Waals surface area (Å²) in [6.45, 7) is 0. The van der Waals surface area contributed by atoms with Crippen molar-refractivity contribution in [1.29, 1.82) is 0 Å². The molecule has 2 aliphatic rings. The van der Waals surface area contributed by atoms with Crippen LogP contribution in [0.25, 0.3) is 44.5 Å². The summed E-state index contributed by atoms with van der Waals surface area (Å²) in [5.41, 5.74) is 17.0. The molecule has 11 rings (SSSR count). The van der Waals surface area contributed by atoms with Gasteiger partial charge in [0.25, 0.3) is 0 Å². The minimum Gasteiger partial charge on any atom is -0.457 e. The van der Waals surface area contributed by atoms with Crippen LogP contribution in [0.5, 0.6) is 11.5 Å². The second-order valence-corrected chi connectivity index (χ2v) is 14.8. The summed E-state index contributed by atoms with van der Waals surface area (Å²) in [6, 6.07) is 81.0. The van der Waals surface area contributed by atoms with Crippen LogP contribution < -0.4 is 9.64 Å². The highest BCUT2D eigenvalue weighted by molar-refractivity contribution is 5.92. The number of fused-ring (bicyclic) bond motifs is 9. The van der Waals surface area contributed by atoms with Crippen LogP contribution in [-0.2, 0) is 5.41 Å². The van der Waals surface area contributed by atoms with Crippen LogP contribution in [0.1, 0.15) is 22.3 Å². The van der Waals surface area contributed by atoms with Crippen LogP contribution in [0.15, 0.2) is 224 Å². The number of nitrogens with zero attached hydrogens (tertiary/aromatic N) is 1. The molecule has 1 heterocycles. The molecule has 2 heteroatoms. The third kappa shape index (κ3) is 5.26. The molecule has 0 saturated heterocycles. The molecule has 0 radical (unpaired) electrons. The van der Waals surface area contributed by atoms with Gasteiger partial charge in [0.1, 0.15) is 11.5 Å². The third-order valence-corrected chi connectivity index (χ3v) is 11.7. The third-order valence-electron chi connectivity index (χ3n) is 11.7. The SMILES string of the molecule is c1ccc(-c2cccc(N(c3ccc(-c4ccccc4)c(-c4ccccc4)c3)c3ccc4c(c3)C3(c5ccccc5O4)c4ccccc4-c4ccccc43)c2)cc1. The smallest absolute Gasteiger partial charge is 0.132 e. The number of rotatable bonds is 6. The number of para-hydroxylation sites is 1. The van der Waals surface area contributed by atoms with Crippen LogP contribution in [0.2, 0.25) is 0 Å². The first-order chi connectivity index (χ1) is 28.3. The Hall–Kier alpha value is -7.42. The Morgan fingerprint density at radius 1 is 0.281 bits per heavy atom. The van der Waals surface area contributed by atoms with Crippen LogP contribution in [0.3, 0.4) is 0 Å². The standard InChI is InChI=1S/C55H37NO/c1-4-17-38(18-5-1)41-23-16-24-42(35-41)56(43-31-33-45(39-19-6-2-7-20-39)48(36-43)40-21-8-3-9-22-40)44-32-34-54-52(37-44)55(51-29-14-15-30-53(51)57-54)49-27-12-10-25-46(49)47-26-11-13-28-50(47)55/h1-37H. The second-order valence-electron chi connectivity index (χ2n) is 14.8. The number of benzene rings is 9. The van der Waals surface area contributed by atoms with Crippen LogP contribution >= 0.6 is 0 Å². The van der Waals surface area contributed by atoms with E-state index in [9.17, 15) is 0 Å². The van der Waals surface area contributed by atoms with Crippen molar-refractivity contribution in [3.8, 4) is 56.0 Å². The van der Waals surface area contributed by atoms with Gasteiger partial charge in [-0.05, 0) is 104 Å². The first-order valence-electron chi connectivity index (χ1n) is 19.6. The average molecular weight is 728 g/mol. The molecule has 0 aromatic heterocycles. The number of ether oxygens (including phenoxy) is 1. The lowest BCUT2D eigenvalue weighted by Crippen LogP contribution is -2.32. The molecule has 9 aromatic rings. The normalized spacial score (nSPS) is 12.8. The first-order valence-corrected chi connectivity index (χ1v) is 19.6. The molecule has 2 nitrogen and oxygen atoms in total. The van der Waals surface area contributed by atoms with Gasteiger partial charge in [0.15, 0.2) is 0 Å². The molecule has 1 aliphatic heterocycles. The highest BCUT2D eigenvalue weighted by atomic mass is 16.5. The van der Waals surface area contributed by atoms with Gasteiger partial charge >= 0.3 is 0 Å². The van der Waals surface area contributed by atoms with E-state index in [1.165, 1.54) is 50.1 Å². The minimum absolute atomic E-state index is 0.572. The fraction of sp³-hybridized carbons (Fsp3) is 0.0182. The van der Waals surface area contributed by atoms with Gasteiger partial charge in [-0.2, -0.15) is 0 Å². The van der Waals surface area contributed by atoms with E-state index >= 15 is 0 Å². The van der Waals surface area contributed by atoms with Crippen LogP contribution in [-0.4, -0.2) is 0 Å². The van der Waals surface area contributed by atoms with Crippen molar-refractivity contribution in [2.45, 2.75) is 5.41 Å². The van der Waals surface area contributed by atoms with Gasteiger partial charge in [-0.15, -0.1) is 0 Å². The maximum Gasteiger partial charge on any atom is 0.132 e. The molecule has 1 aliphatic carbocycles. The molecule has 0 saturated carbocycles. The minimum atomic E-state index is -0.572. The Morgan fingerprint density at radius 2 is 0.772 bits per heavy atom. The number of hydrogen-bond acceptors (Lipinski definition) is 2. The lowest BCUT2D eigenvalue weighted by molar-refractivity contribution is 0.436. The maximum absolute atomic E-state index is 6.84. The van der Waals surface area contributed by atoms with Gasteiger partial charge in [-0.3, -0.25) is 0 Å². The van der Waals surface area contributed by atoms with Crippen molar-refractivity contribution in [2.75, 3.05) is 4.90 Å². The summed E-state index contributed by atoms with van der Waals surface area (Å²) in [5, 5.41) is 0. The molecular weight excluding hydrogens is 691 g/mol. The summed E-state index contributed by atoms with van der Waals surface area (Å²) in [4.78, 5) is 2.41. The molecule has 57 heavy (non-hydrogen) atoms. The van der Waals surface area contributed by atoms with E-state index in [2.05, 4.69) is 229 Å². The molecule has 1 spiro atoms. The fourth-order valence-corrected chi connectivity index (χ4v) is 9.28. The largest absolute Gasteiger partial charge is 0.457 e. The Morgan fingerprint density at radius 3 is 1.46 bits per heavy atom. The summed E-state index contributed by atoms with van der Waals surface area (Å²) in [7, 11) is 0. The van der Waals surface area contributed by atoms with E-state index in [1.54, 1.807) is 0 Å². The number of anilines is 3. The molecule has 268 valence electrons. The second kappa shape index (κ2) is 13.4. The van der Waals surface area contributed by atoms with Crippen molar-refractivity contribution in [2.24, 2.45) is 0 Å². The summed E-state index contributed by atoms with van der Waals surface area (Å²) < 4.78 is 6.84. The topological polar surface area (TPSA) is 12.5 Å². The molecule has 0 unspecified atom stereocenters. The van der Waals surface area contributed by atoms with E-state index in [-0.39, 0.29) is 0 Å². The summed E-state index contributed by atoms with van der Waals surface area (Å²) in [5.74, 6) is 1.76. The molecule has 0 N–H and O–H groups in total. The molecule has 0 fully saturated rings. The van der Waals surface area contributed by atoms with E-state index in [0.29, 0.717) is 0 Å². The quantitative estimate of drug-likeness (QED) is 0.169. The van der Waals surface area contributed by atoms with Crippen molar-refractivity contribution < 1.29 is 4.74 Å². The Bertz CT molecular complexity index is 2890. The zero-order chi connectivity index (χ0) is 37.8. The summed E-state index contributed by atoms with van der Waals surface area (Å²) >= 11 is 0. The average Bonchev–Trinajstić information content (AvgIpc) is 3.58. The van der Waals surface area contributed by atoms with E-state index in [0.717, 1.165) is 45.3 Å². The molecule has 0 atom stereocenters. The van der Waals surface area contributed by atoms with E-state index < -0.39 is 5.41 Å². The van der Waals surface area contributed by atoms with Crippen molar-refractivity contribution >= 4 is 17.1 Å². The van der Waals surface area contributed by atoms with Crippen LogP contribution in [0.4, 0.5) is 17.1 Å². The summed E-state index contributed by atoms with van der Waals surface area (Å²) in [6.07, 6.45) is 0. The fourth-order valence-electron chi connectivity index (χ4n) is 9.28. The molecule has 9 aromatic carbocycles. The van der Waals surface area contributed by atoms with Gasteiger partial charge in [0, 0.05) is 28.2 Å². The molecular formula is C55H37NO. The number of hydrogen-bond donors (Lipinski definition) is 0. The maximum atomic E-state index is 6.84. The Balaban J connectivity index is 1.18. The predicted octanol–water partition coefficient (Wildman–Crippen LogP) is 14.6. The van der Waals surface area contributed by atoms with Crippen molar-refractivity contribution in [3.63, 3.8) is 0 Å². The lowest BCUT2D eigenvalue weighted by Gasteiger charge is -2.40. The zero-order valence-electron chi connectivity index (χ0n) is 31.2. The van der Waals surface area contributed by atoms with Gasteiger partial charge in [-0.25, -0.2) is 0 Å². The molecule has 0 bridgehead atoms. The van der Waals surface area contributed by atoms with E-state index in [1.807, 2.05) is 0 Å². The van der Waals surface area contributed by atoms with Gasteiger partial charge < -0.3 is 9.64 Å². The first kappa shape index (κ1) is 33.0. The Kier molecular flexibility index (Phi) is 7.75. The predicted molar refractivity (Wildman–Crippen MR) is 235 cm³/mol. The van der Waals surface area contributed by atoms with Crippen molar-refractivity contribution in [3.05, 3.63) is 247 Å². The lowest BCUT2D eigenvalue weighted by atomic mass is 9.66. The van der Waals surface area contributed by atoms with Gasteiger partial charge in [0.2, 0.25) is 0 Å². The molecule has 0 amide bonds. The Labute approximate surface area is 333 Å². The van der Waals surface area contributed by atoms with Gasteiger partial charge in [-0.1, -0.05) is 176 Å².